The zero-order chi connectivity index (χ0) is 9.47. The molecular formula is C11H14N2. The smallest absolute Gasteiger partial charge is 0.0845 e. The third-order valence-electron chi connectivity index (χ3n) is 2.23. The summed E-state index contributed by atoms with van der Waals surface area (Å²) in [5.74, 6) is 0. The molecule has 0 aromatic carbocycles. The van der Waals surface area contributed by atoms with E-state index in [-0.39, 0.29) is 5.41 Å². The van der Waals surface area contributed by atoms with E-state index < -0.39 is 0 Å². The molecule has 2 rings (SSSR count). The Hall–Kier alpha value is -1.18. The first-order valence-corrected chi connectivity index (χ1v) is 4.60. The maximum atomic E-state index is 4.60. The second kappa shape index (κ2) is 2.66. The van der Waals surface area contributed by atoms with E-state index in [1.807, 2.05) is 6.21 Å². The molecule has 1 aromatic rings. The van der Waals surface area contributed by atoms with Crippen LogP contribution in [0.2, 0.25) is 0 Å². The first kappa shape index (κ1) is 8.42. The van der Waals surface area contributed by atoms with Gasteiger partial charge in [0.25, 0.3) is 0 Å². The Morgan fingerprint density at radius 2 is 2.00 bits per heavy atom. The summed E-state index contributed by atoms with van der Waals surface area (Å²) in [5, 5.41) is 0. The average Bonchev–Trinajstić information content (AvgIpc) is 2.47. The van der Waals surface area contributed by atoms with Crippen LogP contribution in [0.5, 0.6) is 0 Å². The topological polar surface area (TPSA) is 25.2 Å². The molecule has 0 bridgehead atoms. The molecule has 0 spiro atoms. The number of aromatic nitrogens is 1. The summed E-state index contributed by atoms with van der Waals surface area (Å²) in [5.41, 5.74) is 3.44. The standard InChI is InChI=1S/C11H14N2/c1-11(2,3)10-5-4-8-9(13-10)6-7-12-8/h4-5,7H,6H2,1-3H3. The van der Waals surface area contributed by atoms with E-state index in [1.54, 1.807) is 0 Å². The molecule has 0 unspecified atom stereocenters. The lowest BCUT2D eigenvalue weighted by atomic mass is 9.91. The minimum absolute atomic E-state index is 0.137. The maximum Gasteiger partial charge on any atom is 0.0845 e. The van der Waals surface area contributed by atoms with Crippen molar-refractivity contribution in [3.8, 4) is 0 Å². The van der Waals surface area contributed by atoms with E-state index in [0.717, 1.165) is 23.5 Å². The van der Waals surface area contributed by atoms with Crippen LogP contribution in [-0.4, -0.2) is 11.2 Å². The minimum atomic E-state index is 0.137. The van der Waals surface area contributed by atoms with Crippen molar-refractivity contribution in [1.82, 2.24) is 4.98 Å². The van der Waals surface area contributed by atoms with Gasteiger partial charge in [0.1, 0.15) is 0 Å². The highest BCUT2D eigenvalue weighted by Crippen LogP contribution is 2.27. The molecule has 2 heteroatoms. The fourth-order valence-electron chi connectivity index (χ4n) is 1.41. The maximum absolute atomic E-state index is 4.60. The molecule has 0 amide bonds. The average molecular weight is 174 g/mol. The highest BCUT2D eigenvalue weighted by atomic mass is 14.8. The first-order chi connectivity index (χ1) is 6.07. The van der Waals surface area contributed by atoms with Gasteiger partial charge in [-0.15, -0.1) is 0 Å². The number of pyridine rings is 1. The lowest BCUT2D eigenvalue weighted by Gasteiger charge is -2.18. The number of rotatable bonds is 0. The molecule has 0 radical (unpaired) electrons. The third-order valence-corrected chi connectivity index (χ3v) is 2.23. The van der Waals surface area contributed by atoms with Gasteiger partial charge in [-0.25, -0.2) is 0 Å². The second-order valence-electron chi connectivity index (χ2n) is 4.43. The molecule has 0 atom stereocenters. The van der Waals surface area contributed by atoms with Gasteiger partial charge < -0.3 is 0 Å². The molecule has 0 fully saturated rings. The van der Waals surface area contributed by atoms with E-state index in [2.05, 4.69) is 42.9 Å². The van der Waals surface area contributed by atoms with Crippen molar-refractivity contribution >= 4 is 11.9 Å². The van der Waals surface area contributed by atoms with Gasteiger partial charge in [-0.2, -0.15) is 0 Å². The Morgan fingerprint density at radius 1 is 1.23 bits per heavy atom. The summed E-state index contributed by atoms with van der Waals surface area (Å²) in [6, 6.07) is 4.13. The number of aliphatic imine (C=N–C) groups is 1. The lowest BCUT2D eigenvalue weighted by Crippen LogP contribution is -2.13. The van der Waals surface area contributed by atoms with Crippen LogP contribution in [0.4, 0.5) is 5.69 Å². The van der Waals surface area contributed by atoms with Crippen LogP contribution in [0.25, 0.3) is 0 Å². The summed E-state index contributed by atoms with van der Waals surface area (Å²) in [6.45, 7) is 6.53. The summed E-state index contributed by atoms with van der Waals surface area (Å²) < 4.78 is 0. The number of fused-ring (bicyclic) bond motifs is 1. The molecular weight excluding hydrogens is 160 g/mol. The van der Waals surface area contributed by atoms with Crippen LogP contribution in [0.1, 0.15) is 32.2 Å². The monoisotopic (exact) mass is 174 g/mol. The zero-order valence-electron chi connectivity index (χ0n) is 8.33. The number of nitrogens with zero attached hydrogens (tertiary/aromatic N) is 2. The lowest BCUT2D eigenvalue weighted by molar-refractivity contribution is 0.567. The van der Waals surface area contributed by atoms with Crippen molar-refractivity contribution in [2.75, 3.05) is 0 Å². The predicted octanol–water partition coefficient (Wildman–Crippen LogP) is 2.64. The molecule has 0 saturated heterocycles. The Balaban J connectivity index is 2.45. The van der Waals surface area contributed by atoms with Crippen LogP contribution >= 0.6 is 0 Å². The third kappa shape index (κ3) is 1.48. The Kier molecular flexibility index (Phi) is 1.72. The molecule has 1 aliphatic heterocycles. The van der Waals surface area contributed by atoms with Crippen LogP contribution in [0.3, 0.4) is 0 Å². The number of hydrogen-bond acceptors (Lipinski definition) is 2. The fourth-order valence-corrected chi connectivity index (χ4v) is 1.41. The van der Waals surface area contributed by atoms with Gasteiger partial charge in [0.2, 0.25) is 0 Å². The summed E-state index contributed by atoms with van der Waals surface area (Å²) in [4.78, 5) is 8.83. The van der Waals surface area contributed by atoms with E-state index in [4.69, 9.17) is 0 Å². The van der Waals surface area contributed by atoms with E-state index >= 15 is 0 Å². The van der Waals surface area contributed by atoms with Crippen molar-refractivity contribution in [2.45, 2.75) is 32.6 Å². The van der Waals surface area contributed by atoms with Crippen molar-refractivity contribution in [2.24, 2.45) is 4.99 Å². The molecule has 0 aliphatic carbocycles. The van der Waals surface area contributed by atoms with Crippen molar-refractivity contribution in [3.63, 3.8) is 0 Å². The van der Waals surface area contributed by atoms with E-state index in [1.165, 1.54) is 0 Å². The predicted molar refractivity (Wildman–Crippen MR) is 54.8 cm³/mol. The van der Waals surface area contributed by atoms with Gasteiger partial charge in [0.05, 0.1) is 11.4 Å². The summed E-state index contributed by atoms with van der Waals surface area (Å²) in [6.07, 6.45) is 2.81. The Morgan fingerprint density at radius 3 is 2.69 bits per heavy atom. The van der Waals surface area contributed by atoms with Gasteiger partial charge in [-0.05, 0) is 12.1 Å². The fraction of sp³-hybridized carbons (Fsp3) is 0.455. The summed E-state index contributed by atoms with van der Waals surface area (Å²) >= 11 is 0. The Labute approximate surface area is 78.7 Å². The van der Waals surface area contributed by atoms with Crippen LogP contribution in [-0.2, 0) is 11.8 Å². The largest absolute Gasteiger partial charge is 0.259 e. The SMILES string of the molecule is CC(C)(C)c1ccc2c(n1)CC=N2. The van der Waals surface area contributed by atoms with Crippen molar-refractivity contribution < 1.29 is 0 Å². The first-order valence-electron chi connectivity index (χ1n) is 4.60. The summed E-state index contributed by atoms with van der Waals surface area (Å²) in [7, 11) is 0. The Bertz CT molecular complexity index is 359. The highest BCUT2D eigenvalue weighted by molar-refractivity contribution is 5.74. The molecule has 2 heterocycles. The molecule has 13 heavy (non-hydrogen) atoms. The molecule has 1 aliphatic rings. The number of hydrogen-bond donors (Lipinski definition) is 0. The van der Waals surface area contributed by atoms with Crippen LogP contribution in [0, 0.1) is 0 Å². The second-order valence-corrected chi connectivity index (χ2v) is 4.43. The van der Waals surface area contributed by atoms with Gasteiger partial charge in [-0.3, -0.25) is 9.98 Å². The van der Waals surface area contributed by atoms with Crippen LogP contribution in [0.15, 0.2) is 17.1 Å². The van der Waals surface area contributed by atoms with Gasteiger partial charge >= 0.3 is 0 Å². The van der Waals surface area contributed by atoms with Gasteiger partial charge in [0, 0.05) is 23.7 Å². The van der Waals surface area contributed by atoms with Crippen LogP contribution < -0.4 is 0 Å². The molecule has 0 saturated carbocycles. The molecule has 2 nitrogen and oxygen atoms in total. The van der Waals surface area contributed by atoms with E-state index in [9.17, 15) is 0 Å². The minimum Gasteiger partial charge on any atom is -0.259 e. The van der Waals surface area contributed by atoms with E-state index in [0.29, 0.717) is 0 Å². The highest BCUT2D eigenvalue weighted by Gasteiger charge is 2.17. The zero-order valence-corrected chi connectivity index (χ0v) is 8.33. The molecule has 0 N–H and O–H groups in total. The van der Waals surface area contributed by atoms with Crippen molar-refractivity contribution in [3.05, 3.63) is 23.5 Å². The van der Waals surface area contributed by atoms with Crippen molar-refractivity contribution in [1.29, 1.82) is 0 Å². The molecule has 1 aromatic heterocycles. The van der Waals surface area contributed by atoms with Gasteiger partial charge in [-0.1, -0.05) is 20.8 Å². The normalized spacial score (nSPS) is 14.7. The quantitative estimate of drug-likeness (QED) is 0.593. The molecule has 68 valence electrons. The van der Waals surface area contributed by atoms with Gasteiger partial charge in [0.15, 0.2) is 0 Å².